The summed E-state index contributed by atoms with van der Waals surface area (Å²) in [6.45, 7) is 6.47. The van der Waals surface area contributed by atoms with Crippen molar-refractivity contribution in [1.29, 1.82) is 0 Å². The molecule has 0 aliphatic rings. The van der Waals surface area contributed by atoms with Crippen molar-refractivity contribution in [1.82, 2.24) is 0 Å². The van der Waals surface area contributed by atoms with Crippen molar-refractivity contribution in [2.75, 3.05) is 13.2 Å². The molecule has 0 aromatic heterocycles. The van der Waals surface area contributed by atoms with Gasteiger partial charge in [-0.25, -0.2) is 0 Å². The minimum atomic E-state index is -0.790. The number of rotatable bonds is 45. The summed E-state index contributed by atoms with van der Waals surface area (Å²) >= 11 is 0. The van der Waals surface area contributed by atoms with Gasteiger partial charge in [-0.05, 0) is 70.6 Å². The number of esters is 3. The minimum absolute atomic E-state index is 0.0889. The second kappa shape index (κ2) is 48.0. The Labute approximate surface area is 365 Å². The quantitative estimate of drug-likeness (QED) is 0.0263. The fourth-order valence-corrected chi connectivity index (χ4v) is 7.05. The average Bonchev–Trinajstić information content (AvgIpc) is 3.23. The van der Waals surface area contributed by atoms with Gasteiger partial charge in [0.15, 0.2) is 6.10 Å². The van der Waals surface area contributed by atoms with E-state index in [9.17, 15) is 14.4 Å². The van der Waals surface area contributed by atoms with E-state index in [4.69, 9.17) is 14.2 Å². The van der Waals surface area contributed by atoms with E-state index in [1.165, 1.54) is 141 Å². The second-order valence-electron chi connectivity index (χ2n) is 16.7. The molecular weight excluding hydrogens is 733 g/mol. The molecule has 0 saturated carbocycles. The van der Waals surface area contributed by atoms with Crippen LogP contribution in [0.4, 0.5) is 0 Å². The third-order valence-electron chi connectivity index (χ3n) is 10.8. The third-order valence-corrected chi connectivity index (χ3v) is 10.8. The molecule has 0 fully saturated rings. The van der Waals surface area contributed by atoms with Gasteiger partial charge in [-0.15, -0.1) is 0 Å². The van der Waals surface area contributed by atoms with E-state index in [-0.39, 0.29) is 37.5 Å². The van der Waals surface area contributed by atoms with E-state index in [1.54, 1.807) is 0 Å². The lowest BCUT2D eigenvalue weighted by molar-refractivity contribution is -0.167. The van der Waals surface area contributed by atoms with Gasteiger partial charge in [0.2, 0.25) is 0 Å². The first-order valence-electron chi connectivity index (χ1n) is 25.1. The molecule has 1 unspecified atom stereocenters. The molecule has 0 aliphatic carbocycles. The first-order chi connectivity index (χ1) is 29.0. The summed E-state index contributed by atoms with van der Waals surface area (Å²) in [7, 11) is 0. The zero-order chi connectivity index (χ0) is 43.0. The van der Waals surface area contributed by atoms with Crippen molar-refractivity contribution >= 4 is 17.9 Å². The van der Waals surface area contributed by atoms with Crippen LogP contribution in [0, 0.1) is 0 Å². The summed E-state index contributed by atoms with van der Waals surface area (Å²) in [4.78, 5) is 37.8. The van der Waals surface area contributed by atoms with E-state index < -0.39 is 6.10 Å². The Morgan fingerprint density at radius 2 is 0.678 bits per heavy atom. The van der Waals surface area contributed by atoms with Gasteiger partial charge >= 0.3 is 17.9 Å². The van der Waals surface area contributed by atoms with Gasteiger partial charge in [-0.2, -0.15) is 0 Å². The SMILES string of the molecule is CC/C=C\C/C=C\C/C=C\CCCC(=O)OCC(COC(=O)CCCCCCCCC/C=C\CCCCCCCC)OC(=O)CCCCCCCCCCCCCCC. The van der Waals surface area contributed by atoms with Crippen LogP contribution in [-0.4, -0.2) is 37.2 Å². The van der Waals surface area contributed by atoms with Crippen LogP contribution in [0.25, 0.3) is 0 Å². The fourth-order valence-electron chi connectivity index (χ4n) is 7.05. The highest BCUT2D eigenvalue weighted by Crippen LogP contribution is 2.15. The number of carbonyl (C=O) groups excluding carboxylic acids is 3. The van der Waals surface area contributed by atoms with Crippen molar-refractivity contribution < 1.29 is 28.6 Å². The first-order valence-corrected chi connectivity index (χ1v) is 25.1. The Morgan fingerprint density at radius 1 is 0.356 bits per heavy atom. The lowest BCUT2D eigenvalue weighted by atomic mass is 10.0. The molecule has 0 heterocycles. The maximum absolute atomic E-state index is 12.8. The van der Waals surface area contributed by atoms with Gasteiger partial charge < -0.3 is 14.2 Å². The number of carbonyl (C=O) groups is 3. The molecule has 1 atom stereocenters. The van der Waals surface area contributed by atoms with Crippen LogP contribution in [0.15, 0.2) is 48.6 Å². The lowest BCUT2D eigenvalue weighted by Gasteiger charge is -2.18. The van der Waals surface area contributed by atoms with E-state index in [1.807, 2.05) is 0 Å². The third kappa shape index (κ3) is 46.3. The highest BCUT2D eigenvalue weighted by Gasteiger charge is 2.19. The van der Waals surface area contributed by atoms with Crippen LogP contribution >= 0.6 is 0 Å². The molecule has 0 N–H and O–H groups in total. The number of ether oxygens (including phenoxy) is 3. The Bertz CT molecular complexity index is 1040. The monoisotopic (exact) mass is 827 g/mol. The van der Waals surface area contributed by atoms with Crippen molar-refractivity contribution in [3.05, 3.63) is 48.6 Å². The topological polar surface area (TPSA) is 78.9 Å². The molecule has 6 nitrogen and oxygen atoms in total. The zero-order valence-corrected chi connectivity index (χ0v) is 39.0. The highest BCUT2D eigenvalue weighted by molar-refractivity contribution is 5.71. The van der Waals surface area contributed by atoms with E-state index in [0.717, 1.165) is 64.2 Å². The molecule has 0 aliphatic heterocycles. The smallest absolute Gasteiger partial charge is 0.306 e. The molecule has 0 amide bonds. The molecule has 342 valence electrons. The van der Waals surface area contributed by atoms with Gasteiger partial charge in [0.05, 0.1) is 0 Å². The zero-order valence-electron chi connectivity index (χ0n) is 39.0. The molecule has 6 heteroatoms. The number of unbranched alkanes of at least 4 members (excludes halogenated alkanes) is 26. The second-order valence-corrected chi connectivity index (χ2v) is 16.7. The van der Waals surface area contributed by atoms with Crippen LogP contribution in [0.1, 0.15) is 252 Å². The molecule has 0 saturated heterocycles. The maximum atomic E-state index is 12.8. The Morgan fingerprint density at radius 3 is 1.12 bits per heavy atom. The number of hydrogen-bond donors (Lipinski definition) is 0. The first kappa shape index (κ1) is 56.4. The van der Waals surface area contributed by atoms with Crippen molar-refractivity contribution in [3.63, 3.8) is 0 Å². The summed E-state index contributed by atoms with van der Waals surface area (Å²) < 4.78 is 16.7. The molecule has 0 spiro atoms. The summed E-state index contributed by atoms with van der Waals surface area (Å²) in [5.74, 6) is -0.944. The molecule has 0 rings (SSSR count). The normalized spacial score (nSPS) is 12.4. The van der Waals surface area contributed by atoms with Gasteiger partial charge in [-0.3, -0.25) is 14.4 Å². The average molecular weight is 827 g/mol. The lowest BCUT2D eigenvalue weighted by Crippen LogP contribution is -2.30. The molecular formula is C53H94O6. The van der Waals surface area contributed by atoms with Gasteiger partial charge in [-0.1, -0.05) is 211 Å². The predicted molar refractivity (Wildman–Crippen MR) is 252 cm³/mol. The van der Waals surface area contributed by atoms with Crippen LogP contribution < -0.4 is 0 Å². The predicted octanol–water partition coefficient (Wildman–Crippen LogP) is 16.3. The molecule has 0 aromatic rings. The number of allylic oxidation sites excluding steroid dienone is 8. The largest absolute Gasteiger partial charge is 0.462 e. The van der Waals surface area contributed by atoms with Gasteiger partial charge in [0.1, 0.15) is 13.2 Å². The van der Waals surface area contributed by atoms with Crippen LogP contribution in [0.5, 0.6) is 0 Å². The minimum Gasteiger partial charge on any atom is -0.462 e. The molecule has 0 bridgehead atoms. The molecule has 0 radical (unpaired) electrons. The van der Waals surface area contributed by atoms with Crippen molar-refractivity contribution in [3.8, 4) is 0 Å². The maximum Gasteiger partial charge on any atom is 0.306 e. The van der Waals surface area contributed by atoms with Gasteiger partial charge in [0.25, 0.3) is 0 Å². The number of hydrogen-bond acceptors (Lipinski definition) is 6. The summed E-state index contributed by atoms with van der Waals surface area (Å²) in [5.41, 5.74) is 0. The molecule has 59 heavy (non-hydrogen) atoms. The summed E-state index contributed by atoms with van der Waals surface area (Å²) in [6, 6.07) is 0. The van der Waals surface area contributed by atoms with E-state index in [2.05, 4.69) is 69.4 Å². The highest BCUT2D eigenvalue weighted by atomic mass is 16.6. The summed E-state index contributed by atoms with van der Waals surface area (Å²) in [5, 5.41) is 0. The van der Waals surface area contributed by atoms with Crippen LogP contribution in [0.3, 0.4) is 0 Å². The van der Waals surface area contributed by atoms with Crippen molar-refractivity contribution in [2.24, 2.45) is 0 Å². The summed E-state index contributed by atoms with van der Waals surface area (Å²) in [6.07, 6.45) is 56.8. The van der Waals surface area contributed by atoms with E-state index >= 15 is 0 Å². The fraction of sp³-hybridized carbons (Fsp3) is 0.792. The van der Waals surface area contributed by atoms with Crippen molar-refractivity contribution in [2.45, 2.75) is 258 Å². The van der Waals surface area contributed by atoms with Crippen LogP contribution in [-0.2, 0) is 28.6 Å². The Hall–Kier alpha value is -2.63. The standard InChI is InChI=1S/C53H94O6/c1-4-7-10-13-16-19-22-24-25-26-27-29-31-34-37-40-43-46-52(55)58-49-50(48-57-51(54)45-42-39-36-33-30-21-18-15-12-9-6-3)59-53(56)47-44-41-38-35-32-28-23-20-17-14-11-8-5-2/h9,12,18,21,24-25,33,36,50H,4-8,10-11,13-17,19-20,22-23,26-32,34-35,37-49H2,1-3H3/b12-9-,21-18-,25-24-,36-33-. The van der Waals surface area contributed by atoms with E-state index in [0.29, 0.717) is 19.3 Å². The molecule has 0 aromatic carbocycles. The Balaban J connectivity index is 4.38. The van der Waals surface area contributed by atoms with Crippen LogP contribution in [0.2, 0.25) is 0 Å². The van der Waals surface area contributed by atoms with Gasteiger partial charge in [0, 0.05) is 19.3 Å². The Kier molecular flexibility index (Phi) is 45.9.